The smallest absolute Gasteiger partial charge is 0.211 e. The first-order chi connectivity index (χ1) is 16.9. The lowest BCUT2D eigenvalue weighted by molar-refractivity contribution is 0.319. The first-order valence-corrected chi connectivity index (χ1v) is 16.6. The molecule has 9 heteroatoms. The molecule has 0 spiro atoms. The summed E-state index contributed by atoms with van der Waals surface area (Å²) in [5.74, 6) is -0.261. The summed E-state index contributed by atoms with van der Waals surface area (Å²) in [5.41, 5.74) is 1.43. The fraction of sp³-hybridized carbons (Fsp3) is 0.538. The number of sulfonamides is 2. The Morgan fingerprint density at radius 1 is 0.571 bits per heavy atom. The molecule has 2 fully saturated rings. The van der Waals surface area contributed by atoms with Gasteiger partial charge in [-0.15, -0.1) is 7.42 Å². The van der Waals surface area contributed by atoms with Crippen molar-refractivity contribution in [1.82, 2.24) is 7.42 Å². The van der Waals surface area contributed by atoms with Crippen LogP contribution in [0.1, 0.15) is 75.3 Å². The summed E-state index contributed by atoms with van der Waals surface area (Å²) in [7, 11) is -7.50. The molecule has 0 bridgehead atoms. The molecule has 0 atom stereocenters. The monoisotopic (exact) mass is 536 g/mol. The van der Waals surface area contributed by atoms with Crippen LogP contribution in [0.5, 0.6) is 0 Å². The van der Waals surface area contributed by atoms with E-state index < -0.39 is 20.0 Å². The lowest BCUT2D eigenvalue weighted by Crippen LogP contribution is -2.45. The fourth-order valence-corrected chi connectivity index (χ4v) is 10.4. The van der Waals surface area contributed by atoms with Crippen LogP contribution in [0.15, 0.2) is 60.7 Å². The Hall–Kier alpha value is -1.39. The molecule has 0 radical (unpaired) electrons. The first kappa shape index (κ1) is 26.7. The van der Waals surface area contributed by atoms with Gasteiger partial charge in [0, 0.05) is 24.2 Å². The molecule has 6 nitrogen and oxygen atoms in total. The van der Waals surface area contributed by atoms with Crippen molar-refractivity contribution in [2.45, 2.75) is 87.8 Å². The van der Waals surface area contributed by atoms with Crippen LogP contribution < -0.4 is 0 Å². The van der Waals surface area contributed by atoms with Crippen molar-refractivity contribution >= 4 is 32.2 Å². The van der Waals surface area contributed by atoms with Crippen LogP contribution in [0.25, 0.3) is 0 Å². The van der Waals surface area contributed by atoms with Crippen molar-refractivity contribution in [2.24, 2.45) is 0 Å². The van der Waals surface area contributed by atoms with Crippen LogP contribution in [0.2, 0.25) is 0 Å². The zero-order chi connectivity index (χ0) is 24.7. The van der Waals surface area contributed by atoms with Gasteiger partial charge in [-0.1, -0.05) is 99.2 Å². The van der Waals surface area contributed by atoms with Gasteiger partial charge in [0.25, 0.3) is 0 Å². The third-order valence-electron chi connectivity index (χ3n) is 6.84. The first-order valence-electron chi connectivity index (χ1n) is 12.7. The topological polar surface area (TPSA) is 74.8 Å². The summed E-state index contributed by atoms with van der Waals surface area (Å²) in [6.07, 6.45) is 9.07. The molecular formula is C26H36N2O4S3. The van der Waals surface area contributed by atoms with Crippen LogP contribution in [-0.4, -0.2) is 36.3 Å². The van der Waals surface area contributed by atoms with Gasteiger partial charge in [0.05, 0.1) is 11.5 Å². The summed E-state index contributed by atoms with van der Waals surface area (Å²) < 4.78 is 58.1. The Morgan fingerprint density at radius 3 is 1.26 bits per heavy atom. The second-order valence-electron chi connectivity index (χ2n) is 9.66. The molecule has 2 aliphatic rings. The highest BCUT2D eigenvalue weighted by atomic mass is 32.3. The van der Waals surface area contributed by atoms with Crippen molar-refractivity contribution < 1.29 is 16.8 Å². The standard InChI is InChI=1S/C26H36N2O4S3/c29-34(30,21-23-13-5-1-6-14-23)27(25-17-9-3-10-18-25)33-28(26-19-11-4-12-20-26)35(31,32)22-24-15-7-2-8-16-24/h1-2,5-8,13-16,25-26H,3-4,9-12,17-22H2. The molecular weight excluding hydrogens is 500 g/mol. The number of benzene rings is 2. The van der Waals surface area contributed by atoms with Gasteiger partial charge >= 0.3 is 0 Å². The fourth-order valence-electron chi connectivity index (χ4n) is 5.05. The molecule has 2 aromatic carbocycles. The van der Waals surface area contributed by atoms with E-state index in [1.54, 1.807) is 0 Å². The zero-order valence-corrected chi connectivity index (χ0v) is 22.6. The van der Waals surface area contributed by atoms with Crippen molar-refractivity contribution in [3.8, 4) is 0 Å². The van der Waals surface area contributed by atoms with E-state index in [-0.39, 0.29) is 23.6 Å². The third kappa shape index (κ3) is 7.32. The molecule has 0 aromatic heterocycles. The number of rotatable bonds is 10. The van der Waals surface area contributed by atoms with E-state index >= 15 is 0 Å². The Balaban J connectivity index is 1.66. The Morgan fingerprint density at radius 2 is 0.914 bits per heavy atom. The summed E-state index contributed by atoms with van der Waals surface area (Å²) in [5, 5.41) is 0. The van der Waals surface area contributed by atoms with Gasteiger partial charge in [0.15, 0.2) is 0 Å². The maximum Gasteiger partial charge on any atom is 0.228 e. The van der Waals surface area contributed by atoms with Gasteiger partial charge in [-0.3, -0.25) is 0 Å². The van der Waals surface area contributed by atoms with E-state index in [2.05, 4.69) is 0 Å². The van der Waals surface area contributed by atoms with E-state index in [1.165, 1.54) is 7.42 Å². The molecule has 0 amide bonds. The van der Waals surface area contributed by atoms with E-state index in [0.29, 0.717) is 11.1 Å². The number of nitrogens with zero attached hydrogens (tertiary/aromatic N) is 2. The molecule has 0 saturated heterocycles. The summed E-state index contributed by atoms with van der Waals surface area (Å²) in [4.78, 5) is 0. The third-order valence-corrected chi connectivity index (χ3v) is 12.6. The molecule has 2 aliphatic carbocycles. The average Bonchev–Trinajstić information content (AvgIpc) is 2.86. The summed E-state index contributed by atoms with van der Waals surface area (Å²) in [6.45, 7) is 0. The van der Waals surface area contributed by atoms with Crippen LogP contribution in [0, 0.1) is 0 Å². The molecule has 35 heavy (non-hydrogen) atoms. The molecule has 4 rings (SSSR count). The quantitative estimate of drug-likeness (QED) is 0.355. The molecule has 192 valence electrons. The Labute approximate surface area is 215 Å². The Bertz CT molecular complexity index is 1040. The van der Waals surface area contributed by atoms with Gasteiger partial charge in [-0.05, 0) is 36.8 Å². The predicted octanol–water partition coefficient (Wildman–Crippen LogP) is 5.88. The SMILES string of the molecule is O=S(=O)(Cc1ccccc1)N(SN(C1CCCCC1)S(=O)(=O)Cc1ccccc1)C1CCCCC1. The van der Waals surface area contributed by atoms with E-state index in [1.807, 2.05) is 60.7 Å². The van der Waals surface area contributed by atoms with Gasteiger partial charge in [0.1, 0.15) is 0 Å². The van der Waals surface area contributed by atoms with Gasteiger partial charge in [0.2, 0.25) is 20.0 Å². The number of hydrogen-bond acceptors (Lipinski definition) is 5. The highest BCUT2D eigenvalue weighted by Gasteiger charge is 2.40. The highest BCUT2D eigenvalue weighted by Crippen LogP contribution is 2.39. The lowest BCUT2D eigenvalue weighted by Gasteiger charge is -2.38. The molecule has 0 unspecified atom stereocenters. The van der Waals surface area contributed by atoms with Crippen molar-refractivity contribution in [3.63, 3.8) is 0 Å². The van der Waals surface area contributed by atoms with Gasteiger partial charge < -0.3 is 0 Å². The number of hydrogen-bond donors (Lipinski definition) is 0. The second-order valence-corrected chi connectivity index (χ2v) is 14.8. The lowest BCUT2D eigenvalue weighted by atomic mass is 9.96. The molecule has 0 heterocycles. The second kappa shape index (κ2) is 12.2. The van der Waals surface area contributed by atoms with Crippen molar-refractivity contribution in [3.05, 3.63) is 71.8 Å². The van der Waals surface area contributed by atoms with Crippen LogP contribution in [0.4, 0.5) is 0 Å². The molecule has 0 aliphatic heterocycles. The largest absolute Gasteiger partial charge is 0.228 e. The van der Waals surface area contributed by atoms with Gasteiger partial charge in [-0.2, -0.15) is 0 Å². The van der Waals surface area contributed by atoms with Crippen LogP contribution in [0.3, 0.4) is 0 Å². The molecule has 0 N–H and O–H groups in total. The minimum Gasteiger partial charge on any atom is -0.211 e. The summed E-state index contributed by atoms with van der Waals surface area (Å²) >= 11 is 0.946. The molecule has 2 aromatic rings. The van der Waals surface area contributed by atoms with E-state index in [9.17, 15) is 16.8 Å². The van der Waals surface area contributed by atoms with Crippen molar-refractivity contribution in [2.75, 3.05) is 0 Å². The average molecular weight is 537 g/mol. The van der Waals surface area contributed by atoms with Crippen molar-refractivity contribution in [1.29, 1.82) is 0 Å². The van der Waals surface area contributed by atoms with Crippen LogP contribution in [-0.2, 0) is 31.6 Å². The minimum absolute atomic E-state index is 0.130. The Kier molecular flexibility index (Phi) is 9.32. The van der Waals surface area contributed by atoms with E-state index in [4.69, 9.17) is 0 Å². The van der Waals surface area contributed by atoms with E-state index in [0.717, 1.165) is 76.3 Å². The minimum atomic E-state index is -3.75. The zero-order valence-electron chi connectivity index (χ0n) is 20.2. The summed E-state index contributed by atoms with van der Waals surface area (Å²) in [6, 6.07) is 17.9. The maximum atomic E-state index is 13.8. The highest BCUT2D eigenvalue weighted by molar-refractivity contribution is 8.12. The molecule has 2 saturated carbocycles. The maximum absolute atomic E-state index is 13.8. The van der Waals surface area contributed by atoms with Crippen LogP contribution >= 0.6 is 12.1 Å². The van der Waals surface area contributed by atoms with Gasteiger partial charge in [-0.25, -0.2) is 16.8 Å². The predicted molar refractivity (Wildman–Crippen MR) is 143 cm³/mol. The normalized spacial score (nSPS) is 18.8.